The summed E-state index contributed by atoms with van der Waals surface area (Å²) in [7, 11) is 0. The van der Waals surface area contributed by atoms with E-state index in [0.717, 1.165) is 18.9 Å². The van der Waals surface area contributed by atoms with Crippen molar-refractivity contribution in [2.75, 3.05) is 6.61 Å². The number of hydrogen-bond acceptors (Lipinski definition) is 1. The van der Waals surface area contributed by atoms with Crippen LogP contribution in [-0.4, -0.2) is 11.2 Å². The summed E-state index contributed by atoms with van der Waals surface area (Å²) in [5.41, 5.74) is 1.25. The molecule has 0 fully saturated rings. The van der Waals surface area contributed by atoms with Crippen LogP contribution in [0, 0.1) is 0 Å². The number of aromatic nitrogens is 1. The van der Waals surface area contributed by atoms with E-state index in [9.17, 15) is 0 Å². The monoisotopic (exact) mass is 189 g/mol. The number of hydrogen-bond donors (Lipinski definition) is 0. The van der Waals surface area contributed by atoms with Gasteiger partial charge in [0.2, 0.25) is 0 Å². The SMILES string of the molecule is CCOc1cccc2c1ccn2CC. The van der Waals surface area contributed by atoms with Crippen LogP contribution in [0.4, 0.5) is 0 Å². The minimum atomic E-state index is 0.719. The molecule has 1 heterocycles. The smallest absolute Gasteiger partial charge is 0.128 e. The van der Waals surface area contributed by atoms with E-state index < -0.39 is 0 Å². The summed E-state index contributed by atoms with van der Waals surface area (Å²) < 4.78 is 7.78. The zero-order chi connectivity index (χ0) is 9.97. The molecule has 1 aromatic carbocycles. The van der Waals surface area contributed by atoms with Crippen molar-refractivity contribution in [2.24, 2.45) is 0 Å². The molecule has 0 N–H and O–H groups in total. The van der Waals surface area contributed by atoms with Gasteiger partial charge in [-0.15, -0.1) is 0 Å². The molecule has 0 unspecified atom stereocenters. The highest BCUT2D eigenvalue weighted by Crippen LogP contribution is 2.26. The van der Waals surface area contributed by atoms with E-state index in [1.165, 1.54) is 10.9 Å². The van der Waals surface area contributed by atoms with Crippen LogP contribution in [0.2, 0.25) is 0 Å². The molecule has 2 aromatic rings. The Morgan fingerprint density at radius 3 is 2.79 bits per heavy atom. The van der Waals surface area contributed by atoms with Gasteiger partial charge in [-0.25, -0.2) is 0 Å². The highest BCUT2D eigenvalue weighted by atomic mass is 16.5. The van der Waals surface area contributed by atoms with Gasteiger partial charge in [0.15, 0.2) is 0 Å². The standard InChI is InChI=1S/C12H15NO/c1-3-13-9-8-10-11(13)6-5-7-12(10)14-4-2/h5-9H,3-4H2,1-2H3. The summed E-state index contributed by atoms with van der Waals surface area (Å²) in [6, 6.07) is 8.30. The van der Waals surface area contributed by atoms with Crippen molar-refractivity contribution >= 4 is 10.9 Å². The molecule has 14 heavy (non-hydrogen) atoms. The molecular formula is C12H15NO. The molecule has 0 spiro atoms. The number of aryl methyl sites for hydroxylation is 1. The Kier molecular flexibility index (Phi) is 2.44. The largest absolute Gasteiger partial charge is 0.493 e. The lowest BCUT2D eigenvalue weighted by Crippen LogP contribution is -1.93. The van der Waals surface area contributed by atoms with Crippen LogP contribution in [0.15, 0.2) is 30.5 Å². The first-order valence-corrected chi connectivity index (χ1v) is 5.07. The Hall–Kier alpha value is -1.44. The Morgan fingerprint density at radius 1 is 1.21 bits per heavy atom. The first kappa shape index (κ1) is 9.13. The molecular weight excluding hydrogens is 174 g/mol. The Morgan fingerprint density at radius 2 is 2.07 bits per heavy atom. The maximum Gasteiger partial charge on any atom is 0.128 e. The van der Waals surface area contributed by atoms with Gasteiger partial charge in [0, 0.05) is 18.1 Å². The van der Waals surface area contributed by atoms with Crippen LogP contribution in [0.25, 0.3) is 10.9 Å². The van der Waals surface area contributed by atoms with Crippen LogP contribution in [0.1, 0.15) is 13.8 Å². The van der Waals surface area contributed by atoms with Crippen molar-refractivity contribution in [2.45, 2.75) is 20.4 Å². The number of benzene rings is 1. The molecule has 2 nitrogen and oxygen atoms in total. The molecule has 0 saturated carbocycles. The molecule has 0 saturated heterocycles. The zero-order valence-corrected chi connectivity index (χ0v) is 8.66. The number of fused-ring (bicyclic) bond motifs is 1. The van der Waals surface area contributed by atoms with Gasteiger partial charge in [-0.2, -0.15) is 0 Å². The first-order chi connectivity index (χ1) is 6.86. The summed E-state index contributed by atoms with van der Waals surface area (Å²) >= 11 is 0. The maximum atomic E-state index is 5.56. The zero-order valence-electron chi connectivity index (χ0n) is 8.66. The van der Waals surface area contributed by atoms with Gasteiger partial charge in [-0.1, -0.05) is 6.07 Å². The fourth-order valence-electron chi connectivity index (χ4n) is 1.75. The molecule has 0 amide bonds. The fraction of sp³-hybridized carbons (Fsp3) is 0.333. The van der Waals surface area contributed by atoms with Gasteiger partial charge in [-0.3, -0.25) is 0 Å². The van der Waals surface area contributed by atoms with Crippen LogP contribution >= 0.6 is 0 Å². The lowest BCUT2D eigenvalue weighted by Gasteiger charge is -2.05. The van der Waals surface area contributed by atoms with Gasteiger partial charge in [-0.05, 0) is 32.0 Å². The molecule has 74 valence electrons. The van der Waals surface area contributed by atoms with E-state index in [1.54, 1.807) is 0 Å². The predicted octanol–water partition coefficient (Wildman–Crippen LogP) is 3.06. The van der Waals surface area contributed by atoms with E-state index in [4.69, 9.17) is 4.74 Å². The van der Waals surface area contributed by atoms with Gasteiger partial charge in [0.05, 0.1) is 12.1 Å². The van der Waals surface area contributed by atoms with E-state index in [2.05, 4.69) is 29.8 Å². The summed E-state index contributed by atoms with van der Waals surface area (Å²) in [6.45, 7) is 5.87. The molecule has 0 aliphatic rings. The Labute approximate surface area is 84.1 Å². The minimum Gasteiger partial charge on any atom is -0.493 e. The van der Waals surface area contributed by atoms with Crippen molar-refractivity contribution in [1.29, 1.82) is 0 Å². The summed E-state index contributed by atoms with van der Waals surface area (Å²) in [6.07, 6.45) is 2.10. The van der Waals surface area contributed by atoms with Crippen LogP contribution in [0.5, 0.6) is 5.75 Å². The third-order valence-corrected chi connectivity index (χ3v) is 2.41. The summed E-state index contributed by atoms with van der Waals surface area (Å²) in [5, 5.41) is 1.20. The van der Waals surface area contributed by atoms with E-state index >= 15 is 0 Å². The number of rotatable bonds is 3. The second-order valence-electron chi connectivity index (χ2n) is 3.22. The molecule has 2 rings (SSSR count). The van der Waals surface area contributed by atoms with Crippen molar-refractivity contribution in [3.63, 3.8) is 0 Å². The third-order valence-electron chi connectivity index (χ3n) is 2.41. The lowest BCUT2D eigenvalue weighted by atomic mass is 10.2. The molecule has 0 aliphatic heterocycles. The van der Waals surface area contributed by atoms with Gasteiger partial charge in [0.1, 0.15) is 5.75 Å². The topological polar surface area (TPSA) is 14.2 Å². The average Bonchev–Trinajstić information content (AvgIpc) is 2.62. The quantitative estimate of drug-likeness (QED) is 0.723. The van der Waals surface area contributed by atoms with Crippen molar-refractivity contribution in [3.8, 4) is 5.75 Å². The minimum absolute atomic E-state index is 0.719. The molecule has 0 radical (unpaired) electrons. The highest BCUT2D eigenvalue weighted by molar-refractivity contribution is 5.86. The summed E-state index contributed by atoms with van der Waals surface area (Å²) in [5.74, 6) is 0.984. The van der Waals surface area contributed by atoms with E-state index in [1.807, 2.05) is 19.1 Å². The highest BCUT2D eigenvalue weighted by Gasteiger charge is 2.04. The van der Waals surface area contributed by atoms with Gasteiger partial charge in [0.25, 0.3) is 0 Å². The molecule has 1 aromatic heterocycles. The third kappa shape index (κ3) is 1.37. The Balaban J connectivity index is 2.58. The molecule has 2 heteroatoms. The Bertz CT molecular complexity index is 431. The molecule has 0 aliphatic carbocycles. The molecule has 0 bridgehead atoms. The van der Waals surface area contributed by atoms with E-state index in [0.29, 0.717) is 0 Å². The first-order valence-electron chi connectivity index (χ1n) is 5.07. The normalized spacial score (nSPS) is 10.7. The van der Waals surface area contributed by atoms with Crippen LogP contribution < -0.4 is 4.74 Å². The fourth-order valence-corrected chi connectivity index (χ4v) is 1.75. The predicted molar refractivity (Wildman–Crippen MR) is 58.8 cm³/mol. The van der Waals surface area contributed by atoms with Crippen molar-refractivity contribution in [1.82, 2.24) is 4.57 Å². The lowest BCUT2D eigenvalue weighted by molar-refractivity contribution is 0.344. The average molecular weight is 189 g/mol. The van der Waals surface area contributed by atoms with E-state index in [-0.39, 0.29) is 0 Å². The second-order valence-corrected chi connectivity index (χ2v) is 3.22. The van der Waals surface area contributed by atoms with Crippen molar-refractivity contribution < 1.29 is 4.74 Å². The van der Waals surface area contributed by atoms with Crippen LogP contribution in [-0.2, 0) is 6.54 Å². The van der Waals surface area contributed by atoms with Gasteiger partial charge < -0.3 is 9.30 Å². The molecule has 0 atom stereocenters. The number of ether oxygens (including phenoxy) is 1. The maximum absolute atomic E-state index is 5.56. The van der Waals surface area contributed by atoms with Crippen molar-refractivity contribution in [3.05, 3.63) is 30.5 Å². The summed E-state index contributed by atoms with van der Waals surface area (Å²) in [4.78, 5) is 0. The number of nitrogens with zero attached hydrogens (tertiary/aromatic N) is 1. The second kappa shape index (κ2) is 3.74. The van der Waals surface area contributed by atoms with Crippen LogP contribution in [0.3, 0.4) is 0 Å². The van der Waals surface area contributed by atoms with Gasteiger partial charge >= 0.3 is 0 Å².